The Kier molecular flexibility index (Phi) is 6.74. The number of aliphatic imine (C=N–C) groups is 1. The van der Waals surface area contributed by atoms with Gasteiger partial charge in [0.2, 0.25) is 5.91 Å². The predicted molar refractivity (Wildman–Crippen MR) is 132 cm³/mol. The molecule has 1 N–H and O–H groups in total. The molecule has 2 aliphatic rings. The standard InChI is InChI=1S/C25H30N4O4S/c1-4-17(2)23(26-24-21-7-5-6-8-22(21)34(32,33)27-24)25(31)29-15-13-28(14-16-29)20-11-9-19(10-12-20)18(3)30/h5-12,17,23H,4,13-16H2,1-3H3,(H,26,27)/t17-,23-/m0/s1. The first kappa shape index (κ1) is 23.9. The Labute approximate surface area is 200 Å². The molecule has 2 aliphatic heterocycles. The van der Waals surface area contributed by atoms with Crippen LogP contribution >= 0.6 is 0 Å². The highest BCUT2D eigenvalue weighted by Gasteiger charge is 2.35. The lowest BCUT2D eigenvalue weighted by Gasteiger charge is -2.37. The van der Waals surface area contributed by atoms with Gasteiger partial charge in [-0.15, -0.1) is 0 Å². The molecule has 2 aromatic carbocycles. The summed E-state index contributed by atoms with van der Waals surface area (Å²) in [6.07, 6.45) is 0.740. The van der Waals surface area contributed by atoms with Gasteiger partial charge in [-0.1, -0.05) is 32.4 Å². The molecule has 180 valence electrons. The van der Waals surface area contributed by atoms with E-state index >= 15 is 0 Å². The van der Waals surface area contributed by atoms with Gasteiger partial charge in [0.15, 0.2) is 5.78 Å². The first-order chi connectivity index (χ1) is 16.2. The van der Waals surface area contributed by atoms with E-state index in [1.54, 1.807) is 31.2 Å². The molecule has 34 heavy (non-hydrogen) atoms. The number of amides is 1. The SMILES string of the molecule is CC[C@H](C)[C@H](N=C1NS(=O)(=O)c2ccccc21)C(=O)N1CCN(c2ccc(C(C)=O)cc2)CC1. The average molecular weight is 483 g/mol. The molecule has 1 fully saturated rings. The third-order valence-corrected chi connectivity index (χ3v) is 7.99. The summed E-state index contributed by atoms with van der Waals surface area (Å²) in [5.41, 5.74) is 2.20. The molecule has 8 nitrogen and oxygen atoms in total. The van der Waals surface area contributed by atoms with Crippen molar-refractivity contribution in [2.75, 3.05) is 31.1 Å². The zero-order chi connectivity index (χ0) is 24.5. The number of amidine groups is 1. The Bertz CT molecular complexity index is 1220. The smallest absolute Gasteiger partial charge is 0.263 e. The normalized spacial score (nSPS) is 19.9. The minimum atomic E-state index is -3.66. The first-order valence-electron chi connectivity index (χ1n) is 11.6. The first-order valence-corrected chi connectivity index (χ1v) is 13.0. The number of sulfonamides is 1. The fraction of sp³-hybridized carbons (Fsp3) is 0.400. The third-order valence-electron chi connectivity index (χ3n) is 6.60. The number of piperazine rings is 1. The summed E-state index contributed by atoms with van der Waals surface area (Å²) in [7, 11) is -3.66. The molecular formula is C25H30N4O4S. The third kappa shape index (κ3) is 4.70. The molecule has 0 spiro atoms. The van der Waals surface area contributed by atoms with Crippen molar-refractivity contribution < 1.29 is 18.0 Å². The molecule has 4 rings (SSSR count). The van der Waals surface area contributed by atoms with Gasteiger partial charge in [0, 0.05) is 43.0 Å². The van der Waals surface area contributed by atoms with Gasteiger partial charge in [0.25, 0.3) is 10.0 Å². The summed E-state index contributed by atoms with van der Waals surface area (Å²) in [5, 5.41) is 0. The van der Waals surface area contributed by atoms with Crippen LogP contribution in [0.4, 0.5) is 5.69 Å². The Morgan fingerprint density at radius 1 is 1.03 bits per heavy atom. The van der Waals surface area contributed by atoms with Gasteiger partial charge in [-0.3, -0.25) is 19.3 Å². The van der Waals surface area contributed by atoms with Gasteiger partial charge in [-0.2, -0.15) is 0 Å². The summed E-state index contributed by atoms with van der Waals surface area (Å²) >= 11 is 0. The number of hydrogen-bond donors (Lipinski definition) is 1. The number of anilines is 1. The highest BCUT2D eigenvalue weighted by Crippen LogP contribution is 2.25. The predicted octanol–water partition coefficient (Wildman–Crippen LogP) is 2.69. The van der Waals surface area contributed by atoms with E-state index in [-0.39, 0.29) is 28.3 Å². The summed E-state index contributed by atoms with van der Waals surface area (Å²) in [6.45, 7) is 7.95. The Morgan fingerprint density at radius 3 is 2.29 bits per heavy atom. The highest BCUT2D eigenvalue weighted by atomic mass is 32.2. The number of Topliss-reactive ketones (excluding diaryl/α,β-unsaturated/α-hetero) is 1. The van der Waals surface area contributed by atoms with E-state index in [1.807, 2.05) is 43.0 Å². The van der Waals surface area contributed by atoms with E-state index in [2.05, 4.69) is 14.6 Å². The average Bonchev–Trinajstić information content (AvgIpc) is 3.11. The Morgan fingerprint density at radius 2 is 1.68 bits per heavy atom. The van der Waals surface area contributed by atoms with Crippen LogP contribution in [0, 0.1) is 5.92 Å². The minimum Gasteiger partial charge on any atom is -0.368 e. The lowest BCUT2D eigenvalue weighted by atomic mass is 9.97. The second-order valence-corrected chi connectivity index (χ2v) is 10.5. The number of ketones is 1. The lowest BCUT2D eigenvalue weighted by molar-refractivity contribution is -0.133. The second kappa shape index (κ2) is 9.58. The van der Waals surface area contributed by atoms with Crippen molar-refractivity contribution in [3.05, 3.63) is 59.7 Å². The maximum absolute atomic E-state index is 13.5. The molecule has 1 amide bonds. The van der Waals surface area contributed by atoms with Crippen LogP contribution < -0.4 is 9.62 Å². The quantitative estimate of drug-likeness (QED) is 0.639. The number of fused-ring (bicyclic) bond motifs is 1. The maximum Gasteiger partial charge on any atom is 0.263 e. The van der Waals surface area contributed by atoms with Crippen molar-refractivity contribution in [1.82, 2.24) is 9.62 Å². The number of nitrogens with zero attached hydrogens (tertiary/aromatic N) is 3. The summed E-state index contributed by atoms with van der Waals surface area (Å²) in [6, 6.07) is 13.5. The van der Waals surface area contributed by atoms with Crippen molar-refractivity contribution in [3.8, 4) is 0 Å². The Balaban J connectivity index is 1.50. The van der Waals surface area contributed by atoms with Gasteiger partial charge in [0.05, 0.1) is 4.90 Å². The van der Waals surface area contributed by atoms with Crippen LogP contribution in [0.2, 0.25) is 0 Å². The van der Waals surface area contributed by atoms with Crippen molar-refractivity contribution >= 4 is 33.2 Å². The zero-order valence-electron chi connectivity index (χ0n) is 19.7. The molecule has 1 saturated heterocycles. The van der Waals surface area contributed by atoms with Crippen molar-refractivity contribution in [2.45, 2.75) is 38.1 Å². The molecule has 2 heterocycles. The molecule has 0 aromatic heterocycles. The molecule has 0 aliphatic carbocycles. The number of benzene rings is 2. The molecule has 0 saturated carbocycles. The van der Waals surface area contributed by atoms with Gasteiger partial charge in [0.1, 0.15) is 11.9 Å². The van der Waals surface area contributed by atoms with Crippen LogP contribution in [0.3, 0.4) is 0 Å². The minimum absolute atomic E-state index is 0.0341. The van der Waals surface area contributed by atoms with Crippen LogP contribution in [0.5, 0.6) is 0 Å². The maximum atomic E-state index is 13.5. The van der Waals surface area contributed by atoms with Gasteiger partial charge >= 0.3 is 0 Å². The van der Waals surface area contributed by atoms with Gasteiger partial charge < -0.3 is 9.80 Å². The van der Waals surface area contributed by atoms with E-state index in [1.165, 1.54) is 0 Å². The van der Waals surface area contributed by atoms with Gasteiger partial charge in [-0.05, 0) is 49.2 Å². The molecule has 0 radical (unpaired) electrons. The van der Waals surface area contributed by atoms with Crippen LogP contribution in [0.25, 0.3) is 0 Å². The molecule has 2 aromatic rings. The van der Waals surface area contributed by atoms with Gasteiger partial charge in [-0.25, -0.2) is 8.42 Å². The van der Waals surface area contributed by atoms with Crippen molar-refractivity contribution in [3.63, 3.8) is 0 Å². The summed E-state index contributed by atoms with van der Waals surface area (Å²) in [4.78, 5) is 33.9. The second-order valence-electron chi connectivity index (χ2n) is 8.83. The van der Waals surface area contributed by atoms with E-state index in [9.17, 15) is 18.0 Å². The molecular weight excluding hydrogens is 452 g/mol. The number of hydrogen-bond acceptors (Lipinski definition) is 6. The van der Waals surface area contributed by atoms with Crippen LogP contribution in [0.15, 0.2) is 58.4 Å². The molecule has 2 atom stereocenters. The van der Waals surface area contributed by atoms with E-state index < -0.39 is 16.1 Å². The van der Waals surface area contributed by atoms with Crippen LogP contribution in [-0.4, -0.2) is 63.1 Å². The number of carbonyl (C=O) groups is 2. The van der Waals surface area contributed by atoms with Crippen LogP contribution in [0.1, 0.15) is 43.1 Å². The summed E-state index contributed by atoms with van der Waals surface area (Å²) in [5.74, 6) is 0.136. The molecule has 9 heteroatoms. The highest BCUT2D eigenvalue weighted by molar-refractivity contribution is 7.90. The number of rotatable bonds is 6. The largest absolute Gasteiger partial charge is 0.368 e. The number of nitrogens with one attached hydrogen (secondary N) is 1. The van der Waals surface area contributed by atoms with Crippen molar-refractivity contribution in [1.29, 1.82) is 0 Å². The molecule has 0 unspecified atom stereocenters. The topological polar surface area (TPSA) is 99.1 Å². The number of carbonyl (C=O) groups excluding carboxylic acids is 2. The van der Waals surface area contributed by atoms with E-state index in [0.717, 1.165) is 12.1 Å². The van der Waals surface area contributed by atoms with Crippen LogP contribution in [-0.2, 0) is 14.8 Å². The monoisotopic (exact) mass is 482 g/mol. The fourth-order valence-corrected chi connectivity index (χ4v) is 5.54. The molecule has 0 bridgehead atoms. The lowest BCUT2D eigenvalue weighted by Crippen LogP contribution is -2.52. The summed E-state index contributed by atoms with van der Waals surface area (Å²) < 4.78 is 27.5. The van der Waals surface area contributed by atoms with E-state index in [4.69, 9.17) is 0 Å². The Hall–Kier alpha value is -3.20. The van der Waals surface area contributed by atoms with E-state index in [0.29, 0.717) is 37.3 Å². The van der Waals surface area contributed by atoms with Crippen molar-refractivity contribution in [2.24, 2.45) is 10.9 Å². The fourth-order valence-electron chi connectivity index (χ4n) is 4.30. The zero-order valence-corrected chi connectivity index (χ0v) is 20.5.